The molecule has 3 rings (SSSR count). The zero-order valence-electron chi connectivity index (χ0n) is 11.9. The van der Waals surface area contributed by atoms with Gasteiger partial charge in [-0.1, -0.05) is 23.7 Å². The van der Waals surface area contributed by atoms with Gasteiger partial charge in [-0.3, -0.25) is 9.36 Å². The van der Waals surface area contributed by atoms with Crippen LogP contribution in [0.25, 0.3) is 16.5 Å². The van der Waals surface area contributed by atoms with Crippen LogP contribution in [0.3, 0.4) is 0 Å². The topological polar surface area (TPSA) is 48.0 Å². The Kier molecular flexibility index (Phi) is 3.72. The van der Waals surface area contributed by atoms with Gasteiger partial charge in [-0.25, -0.2) is 4.39 Å². The molecule has 0 aliphatic carbocycles. The number of nitrogens with two attached hydrogens (primary N) is 1. The third-order valence-electron chi connectivity index (χ3n) is 3.58. The number of aromatic nitrogens is 1. The fraction of sp³-hybridized carbons (Fsp3) is 0.118. The molecule has 0 spiro atoms. The van der Waals surface area contributed by atoms with Crippen molar-refractivity contribution in [2.75, 3.05) is 0 Å². The molecule has 112 valence electrons. The van der Waals surface area contributed by atoms with Gasteiger partial charge < -0.3 is 5.73 Å². The van der Waals surface area contributed by atoms with Gasteiger partial charge >= 0.3 is 0 Å². The van der Waals surface area contributed by atoms with E-state index in [1.807, 2.05) is 12.1 Å². The highest BCUT2D eigenvalue weighted by molar-refractivity contribution is 6.35. The SMILES string of the molecule is CC(N)c1cc2cccc(Cl)c2c(=O)n1-c1ccc(F)cc1. The van der Waals surface area contributed by atoms with E-state index in [9.17, 15) is 9.18 Å². The first-order chi connectivity index (χ1) is 10.5. The van der Waals surface area contributed by atoms with Crippen LogP contribution in [0.4, 0.5) is 4.39 Å². The van der Waals surface area contributed by atoms with Crippen molar-refractivity contribution in [1.82, 2.24) is 4.57 Å². The molecule has 0 radical (unpaired) electrons. The Morgan fingerprint density at radius 1 is 1.18 bits per heavy atom. The lowest BCUT2D eigenvalue weighted by Crippen LogP contribution is -2.25. The first kappa shape index (κ1) is 14.8. The normalized spacial score (nSPS) is 12.5. The molecule has 3 aromatic rings. The molecule has 1 aromatic heterocycles. The lowest BCUT2D eigenvalue weighted by molar-refractivity contribution is 0.627. The Morgan fingerprint density at radius 2 is 1.86 bits per heavy atom. The van der Waals surface area contributed by atoms with Crippen molar-refractivity contribution >= 4 is 22.4 Å². The molecule has 0 amide bonds. The number of rotatable bonds is 2. The quantitative estimate of drug-likeness (QED) is 0.781. The maximum atomic E-state index is 13.1. The van der Waals surface area contributed by atoms with Crippen LogP contribution in [0.15, 0.2) is 53.3 Å². The highest BCUT2D eigenvalue weighted by Crippen LogP contribution is 2.24. The average molecular weight is 317 g/mol. The molecule has 2 N–H and O–H groups in total. The predicted molar refractivity (Wildman–Crippen MR) is 87.1 cm³/mol. The van der Waals surface area contributed by atoms with Gasteiger partial charge in [0.15, 0.2) is 0 Å². The number of nitrogens with zero attached hydrogens (tertiary/aromatic N) is 1. The molecule has 3 nitrogen and oxygen atoms in total. The van der Waals surface area contributed by atoms with E-state index in [1.165, 1.54) is 16.7 Å². The van der Waals surface area contributed by atoms with Crippen LogP contribution in [0.1, 0.15) is 18.7 Å². The summed E-state index contributed by atoms with van der Waals surface area (Å²) in [4.78, 5) is 12.9. The van der Waals surface area contributed by atoms with E-state index in [0.717, 1.165) is 5.39 Å². The second-order valence-electron chi connectivity index (χ2n) is 5.18. The van der Waals surface area contributed by atoms with Crippen molar-refractivity contribution in [3.8, 4) is 5.69 Å². The number of hydrogen-bond donors (Lipinski definition) is 1. The Labute approximate surface area is 131 Å². The lowest BCUT2D eigenvalue weighted by atomic mass is 10.1. The minimum atomic E-state index is -0.363. The maximum absolute atomic E-state index is 13.1. The summed E-state index contributed by atoms with van der Waals surface area (Å²) in [5.74, 6) is -0.363. The Hall–Kier alpha value is -2.17. The summed E-state index contributed by atoms with van der Waals surface area (Å²) >= 11 is 6.17. The van der Waals surface area contributed by atoms with E-state index < -0.39 is 0 Å². The number of fused-ring (bicyclic) bond motifs is 1. The number of halogens is 2. The molecule has 22 heavy (non-hydrogen) atoms. The molecule has 0 bridgehead atoms. The van der Waals surface area contributed by atoms with Crippen molar-refractivity contribution in [1.29, 1.82) is 0 Å². The highest BCUT2D eigenvalue weighted by atomic mass is 35.5. The van der Waals surface area contributed by atoms with E-state index in [4.69, 9.17) is 17.3 Å². The summed E-state index contributed by atoms with van der Waals surface area (Å²) in [6.07, 6.45) is 0. The van der Waals surface area contributed by atoms with Crippen LogP contribution in [0.2, 0.25) is 5.02 Å². The van der Waals surface area contributed by atoms with Gasteiger partial charge in [-0.2, -0.15) is 0 Å². The lowest BCUT2D eigenvalue weighted by Gasteiger charge is -2.17. The van der Waals surface area contributed by atoms with Gasteiger partial charge in [0.05, 0.1) is 10.4 Å². The van der Waals surface area contributed by atoms with Crippen LogP contribution in [-0.4, -0.2) is 4.57 Å². The second kappa shape index (κ2) is 5.55. The minimum absolute atomic E-state index is 0.262. The largest absolute Gasteiger partial charge is 0.323 e. The fourth-order valence-electron chi connectivity index (χ4n) is 2.53. The van der Waals surface area contributed by atoms with Crippen molar-refractivity contribution < 1.29 is 4.39 Å². The molecule has 0 aliphatic rings. The Balaban J connectivity index is 2.43. The van der Waals surface area contributed by atoms with E-state index in [2.05, 4.69) is 0 Å². The summed E-state index contributed by atoms with van der Waals surface area (Å²) < 4.78 is 14.6. The van der Waals surface area contributed by atoms with E-state index >= 15 is 0 Å². The Bertz CT molecular complexity index is 901. The molecule has 0 saturated heterocycles. The second-order valence-corrected chi connectivity index (χ2v) is 5.59. The average Bonchev–Trinajstić information content (AvgIpc) is 2.48. The highest BCUT2D eigenvalue weighted by Gasteiger charge is 2.15. The maximum Gasteiger partial charge on any atom is 0.264 e. The third-order valence-corrected chi connectivity index (χ3v) is 3.89. The molecular formula is C17H14ClFN2O. The van der Waals surface area contributed by atoms with Crippen molar-refractivity contribution in [2.24, 2.45) is 5.73 Å². The Morgan fingerprint density at radius 3 is 2.50 bits per heavy atom. The molecule has 5 heteroatoms. The van der Waals surface area contributed by atoms with Crippen molar-refractivity contribution in [2.45, 2.75) is 13.0 Å². The van der Waals surface area contributed by atoms with Crippen LogP contribution in [0.5, 0.6) is 0 Å². The number of hydrogen-bond acceptors (Lipinski definition) is 2. The van der Waals surface area contributed by atoms with Crippen molar-refractivity contribution in [3.63, 3.8) is 0 Å². The van der Waals surface area contributed by atoms with Gasteiger partial charge in [0, 0.05) is 17.4 Å². The zero-order valence-corrected chi connectivity index (χ0v) is 12.6. The number of benzene rings is 2. The smallest absolute Gasteiger partial charge is 0.264 e. The van der Waals surface area contributed by atoms with E-state index in [0.29, 0.717) is 21.8 Å². The van der Waals surface area contributed by atoms with Crippen LogP contribution >= 0.6 is 11.6 Å². The van der Waals surface area contributed by atoms with Gasteiger partial charge in [-0.05, 0) is 48.7 Å². The number of pyridine rings is 1. The monoisotopic (exact) mass is 316 g/mol. The summed E-state index contributed by atoms with van der Waals surface area (Å²) in [7, 11) is 0. The van der Waals surface area contributed by atoms with E-state index in [1.54, 1.807) is 31.2 Å². The molecule has 1 unspecified atom stereocenters. The summed E-state index contributed by atoms with van der Waals surface area (Å²) in [6.45, 7) is 1.80. The van der Waals surface area contributed by atoms with Gasteiger partial charge in [-0.15, -0.1) is 0 Å². The van der Waals surface area contributed by atoms with Crippen molar-refractivity contribution in [3.05, 3.63) is 75.4 Å². The predicted octanol–water partition coefficient (Wildman–Crippen LogP) is 3.80. The van der Waals surface area contributed by atoms with Gasteiger partial charge in [0.2, 0.25) is 0 Å². The molecule has 0 saturated carbocycles. The molecule has 2 aromatic carbocycles. The van der Waals surface area contributed by atoms with Crippen LogP contribution < -0.4 is 11.3 Å². The first-order valence-corrected chi connectivity index (χ1v) is 7.22. The third kappa shape index (κ3) is 2.40. The minimum Gasteiger partial charge on any atom is -0.323 e. The molecular weight excluding hydrogens is 303 g/mol. The summed E-state index contributed by atoms with van der Waals surface area (Å²) in [5.41, 5.74) is 6.95. The summed E-state index contributed by atoms with van der Waals surface area (Å²) in [5, 5.41) is 1.55. The van der Waals surface area contributed by atoms with Gasteiger partial charge in [0.25, 0.3) is 5.56 Å². The molecule has 0 aliphatic heterocycles. The summed E-state index contributed by atoms with van der Waals surface area (Å²) in [6, 6.07) is 12.5. The van der Waals surface area contributed by atoms with Gasteiger partial charge in [0.1, 0.15) is 5.82 Å². The van der Waals surface area contributed by atoms with Crippen LogP contribution in [0, 0.1) is 5.82 Å². The molecule has 0 fully saturated rings. The van der Waals surface area contributed by atoms with E-state index in [-0.39, 0.29) is 17.4 Å². The fourth-order valence-corrected chi connectivity index (χ4v) is 2.79. The standard InChI is InChI=1S/C17H14ClFN2O/c1-10(20)15-9-11-3-2-4-14(18)16(11)17(22)21(15)13-7-5-12(19)6-8-13/h2-10H,20H2,1H3. The molecule has 1 heterocycles. The zero-order chi connectivity index (χ0) is 15.9. The molecule has 1 atom stereocenters. The van der Waals surface area contributed by atoms with Crippen LogP contribution in [-0.2, 0) is 0 Å². The first-order valence-electron chi connectivity index (χ1n) is 6.85.